The molecule has 2 aliphatic rings. The number of hydrogen-bond acceptors (Lipinski definition) is 3. The van der Waals surface area contributed by atoms with Gasteiger partial charge in [0, 0.05) is 25.7 Å². The molecule has 1 N–H and O–H groups in total. The fraction of sp³-hybridized carbons (Fsp3) is 0.588. The van der Waals surface area contributed by atoms with Gasteiger partial charge in [0.2, 0.25) is 5.91 Å². The van der Waals surface area contributed by atoms with Gasteiger partial charge in [-0.05, 0) is 37.0 Å². The van der Waals surface area contributed by atoms with Crippen LogP contribution in [0.25, 0.3) is 0 Å². The monoisotopic (exact) mass is 342 g/mol. The third kappa shape index (κ3) is 4.08. The summed E-state index contributed by atoms with van der Waals surface area (Å²) in [6.45, 7) is 2.10. The van der Waals surface area contributed by atoms with E-state index < -0.39 is 11.7 Å². The first kappa shape index (κ1) is 17.2. The molecule has 0 aliphatic carbocycles. The van der Waals surface area contributed by atoms with Crippen molar-refractivity contribution in [2.24, 2.45) is 0 Å². The van der Waals surface area contributed by atoms with Gasteiger partial charge in [0.25, 0.3) is 0 Å². The lowest BCUT2D eigenvalue weighted by Gasteiger charge is -2.34. The van der Waals surface area contributed by atoms with Crippen LogP contribution in [0.1, 0.15) is 30.4 Å². The highest BCUT2D eigenvalue weighted by atomic mass is 19.4. The van der Waals surface area contributed by atoms with Crippen LogP contribution in [0.3, 0.4) is 0 Å². The number of nitrogens with one attached hydrogen (secondary N) is 1. The van der Waals surface area contributed by atoms with Gasteiger partial charge in [0.15, 0.2) is 0 Å². The fourth-order valence-electron chi connectivity index (χ4n) is 3.27. The molecule has 1 aromatic rings. The zero-order valence-corrected chi connectivity index (χ0v) is 13.3. The number of carbonyl (C=O) groups is 1. The third-order valence-corrected chi connectivity index (χ3v) is 4.52. The molecule has 3 rings (SSSR count). The maximum atomic E-state index is 12.8. The summed E-state index contributed by atoms with van der Waals surface area (Å²) in [4.78, 5) is 14.2. The number of nitrogens with zero attached hydrogens (tertiary/aromatic N) is 1. The van der Waals surface area contributed by atoms with E-state index >= 15 is 0 Å². The highest BCUT2D eigenvalue weighted by Gasteiger charge is 2.33. The molecule has 2 fully saturated rings. The summed E-state index contributed by atoms with van der Waals surface area (Å²) in [5, 5.41) is 3.32. The van der Waals surface area contributed by atoms with Crippen LogP contribution in [0.4, 0.5) is 13.2 Å². The second kappa shape index (κ2) is 7.11. The number of alkyl halides is 3. The second-order valence-corrected chi connectivity index (χ2v) is 6.38. The lowest BCUT2D eigenvalue weighted by Crippen LogP contribution is -2.53. The molecule has 24 heavy (non-hydrogen) atoms. The maximum Gasteiger partial charge on any atom is 0.416 e. The first-order valence-corrected chi connectivity index (χ1v) is 8.22. The molecule has 4 nitrogen and oxygen atoms in total. The van der Waals surface area contributed by atoms with Gasteiger partial charge in [-0.15, -0.1) is 0 Å². The Hall–Kier alpha value is -1.60. The zero-order valence-electron chi connectivity index (χ0n) is 13.3. The second-order valence-electron chi connectivity index (χ2n) is 6.38. The smallest absolute Gasteiger partial charge is 0.380 e. The van der Waals surface area contributed by atoms with E-state index in [0.29, 0.717) is 25.3 Å². The van der Waals surface area contributed by atoms with E-state index in [1.54, 1.807) is 11.0 Å². The standard InChI is InChI=1S/C17H21F3N2O2/c18-17(19,20)13-4-1-3-12(9-13)10-22-7-2-5-15(16(22)23)21-14-6-8-24-11-14/h1,3-4,9,14-15,21H,2,5-8,10-11H2/t14-,15+/m1/s1. The molecule has 0 saturated carbocycles. The van der Waals surface area contributed by atoms with E-state index in [2.05, 4.69) is 5.32 Å². The van der Waals surface area contributed by atoms with Gasteiger partial charge in [0.1, 0.15) is 0 Å². The first-order valence-electron chi connectivity index (χ1n) is 8.22. The van der Waals surface area contributed by atoms with Crippen LogP contribution in [0.2, 0.25) is 0 Å². The number of ether oxygens (including phenoxy) is 1. The molecule has 0 radical (unpaired) electrons. The Kier molecular flexibility index (Phi) is 5.10. The Bertz CT molecular complexity index is 585. The van der Waals surface area contributed by atoms with Gasteiger partial charge in [0.05, 0.1) is 18.2 Å². The number of rotatable bonds is 4. The molecular formula is C17H21F3N2O2. The van der Waals surface area contributed by atoms with E-state index in [-0.39, 0.29) is 24.5 Å². The van der Waals surface area contributed by atoms with Crippen molar-refractivity contribution < 1.29 is 22.7 Å². The average Bonchev–Trinajstić information content (AvgIpc) is 3.04. The predicted octanol–water partition coefficient (Wildman–Crippen LogP) is 2.57. The SMILES string of the molecule is O=C1[C@@H](N[C@@H]2CCOC2)CCCN1Cc1cccc(C(F)(F)F)c1. The molecule has 0 unspecified atom stereocenters. The van der Waals surface area contributed by atoms with Crippen molar-refractivity contribution in [3.05, 3.63) is 35.4 Å². The molecule has 2 saturated heterocycles. The summed E-state index contributed by atoms with van der Waals surface area (Å²) >= 11 is 0. The zero-order chi connectivity index (χ0) is 17.2. The number of halogens is 3. The van der Waals surface area contributed by atoms with E-state index in [1.165, 1.54) is 6.07 Å². The molecule has 0 aromatic heterocycles. The lowest BCUT2D eigenvalue weighted by molar-refractivity contribution is -0.137. The number of piperidine rings is 1. The highest BCUT2D eigenvalue weighted by molar-refractivity contribution is 5.82. The Morgan fingerprint density at radius 1 is 1.29 bits per heavy atom. The van der Waals surface area contributed by atoms with Gasteiger partial charge in [-0.25, -0.2) is 0 Å². The topological polar surface area (TPSA) is 41.6 Å². The largest absolute Gasteiger partial charge is 0.416 e. The van der Waals surface area contributed by atoms with E-state index in [0.717, 1.165) is 31.4 Å². The van der Waals surface area contributed by atoms with Gasteiger partial charge in [-0.2, -0.15) is 13.2 Å². The molecule has 2 atom stereocenters. The van der Waals surface area contributed by atoms with Crippen molar-refractivity contribution in [2.75, 3.05) is 19.8 Å². The van der Waals surface area contributed by atoms with Crippen molar-refractivity contribution in [3.63, 3.8) is 0 Å². The minimum absolute atomic E-state index is 0.0365. The molecule has 1 aromatic carbocycles. The van der Waals surface area contributed by atoms with Crippen LogP contribution in [0.15, 0.2) is 24.3 Å². The summed E-state index contributed by atoms with van der Waals surface area (Å²) in [6.07, 6.45) is -1.88. The first-order chi connectivity index (χ1) is 11.4. The lowest BCUT2D eigenvalue weighted by atomic mass is 10.0. The van der Waals surface area contributed by atoms with Crippen LogP contribution < -0.4 is 5.32 Å². The van der Waals surface area contributed by atoms with Crippen molar-refractivity contribution in [1.82, 2.24) is 10.2 Å². The summed E-state index contributed by atoms with van der Waals surface area (Å²) in [6, 6.07) is 5.10. The summed E-state index contributed by atoms with van der Waals surface area (Å²) in [5.41, 5.74) is -0.176. The van der Waals surface area contributed by atoms with Gasteiger partial charge in [-0.1, -0.05) is 12.1 Å². The van der Waals surface area contributed by atoms with E-state index in [4.69, 9.17) is 4.74 Å². The molecule has 0 bridgehead atoms. The number of carbonyl (C=O) groups excluding carboxylic acids is 1. The molecule has 0 spiro atoms. The van der Waals surface area contributed by atoms with Crippen molar-refractivity contribution >= 4 is 5.91 Å². The highest BCUT2D eigenvalue weighted by Crippen LogP contribution is 2.30. The Labute approximate surface area is 139 Å². The van der Waals surface area contributed by atoms with Crippen molar-refractivity contribution in [3.8, 4) is 0 Å². The van der Waals surface area contributed by atoms with Crippen molar-refractivity contribution in [1.29, 1.82) is 0 Å². The van der Waals surface area contributed by atoms with Gasteiger partial charge in [-0.3, -0.25) is 4.79 Å². The fourth-order valence-corrected chi connectivity index (χ4v) is 3.27. The number of likely N-dealkylation sites (tertiary alicyclic amines) is 1. The van der Waals surface area contributed by atoms with Crippen LogP contribution in [0, 0.1) is 0 Å². The van der Waals surface area contributed by atoms with Crippen LogP contribution in [0.5, 0.6) is 0 Å². The average molecular weight is 342 g/mol. The molecule has 7 heteroatoms. The molecule has 1 amide bonds. The van der Waals surface area contributed by atoms with E-state index in [9.17, 15) is 18.0 Å². The normalized spacial score (nSPS) is 25.3. The molecule has 2 heterocycles. The summed E-state index contributed by atoms with van der Waals surface area (Å²) in [7, 11) is 0. The number of amides is 1. The Morgan fingerprint density at radius 3 is 2.83 bits per heavy atom. The molecular weight excluding hydrogens is 321 g/mol. The van der Waals surface area contributed by atoms with Gasteiger partial charge < -0.3 is 15.0 Å². The summed E-state index contributed by atoms with van der Waals surface area (Å²) in [5.74, 6) is -0.0365. The quantitative estimate of drug-likeness (QED) is 0.914. The number of benzene rings is 1. The van der Waals surface area contributed by atoms with Crippen LogP contribution in [-0.4, -0.2) is 42.6 Å². The summed E-state index contributed by atoms with van der Waals surface area (Å²) < 4.78 is 43.7. The predicted molar refractivity (Wildman–Crippen MR) is 82.2 cm³/mol. The molecule has 2 aliphatic heterocycles. The minimum atomic E-state index is -4.37. The van der Waals surface area contributed by atoms with Crippen molar-refractivity contribution in [2.45, 2.75) is 44.1 Å². The molecule has 132 valence electrons. The minimum Gasteiger partial charge on any atom is -0.380 e. The van der Waals surface area contributed by atoms with Crippen LogP contribution in [-0.2, 0) is 22.3 Å². The Morgan fingerprint density at radius 2 is 2.12 bits per heavy atom. The number of hydrogen-bond donors (Lipinski definition) is 1. The van der Waals surface area contributed by atoms with Gasteiger partial charge >= 0.3 is 6.18 Å². The van der Waals surface area contributed by atoms with E-state index in [1.807, 2.05) is 0 Å². The maximum absolute atomic E-state index is 12.8. The Balaban J connectivity index is 1.65. The van der Waals surface area contributed by atoms with Crippen LogP contribution >= 0.6 is 0 Å². The third-order valence-electron chi connectivity index (χ3n) is 4.52.